The molecule has 0 spiro atoms. The molecule has 172 valence electrons. The fourth-order valence-corrected chi connectivity index (χ4v) is 5.34. The van der Waals surface area contributed by atoms with Gasteiger partial charge in [-0.1, -0.05) is 19.9 Å². The maximum Gasteiger partial charge on any atom is 0.261 e. The zero-order valence-corrected chi connectivity index (χ0v) is 21.3. The van der Waals surface area contributed by atoms with E-state index in [2.05, 4.69) is 34.8 Å². The molecule has 2 amide bonds. The van der Waals surface area contributed by atoms with E-state index in [1.54, 1.807) is 18.3 Å². The first kappa shape index (κ1) is 23.6. The van der Waals surface area contributed by atoms with Crippen LogP contribution >= 0.6 is 33.9 Å². The molecule has 6 nitrogen and oxygen atoms in total. The predicted octanol–water partition coefficient (Wildman–Crippen LogP) is 4.92. The van der Waals surface area contributed by atoms with Gasteiger partial charge in [0.2, 0.25) is 0 Å². The highest BCUT2D eigenvalue weighted by Gasteiger charge is 2.34. The molecule has 0 unspecified atom stereocenters. The van der Waals surface area contributed by atoms with Crippen molar-refractivity contribution in [2.75, 3.05) is 18.4 Å². The van der Waals surface area contributed by atoms with Crippen LogP contribution in [0, 0.1) is 14.8 Å². The van der Waals surface area contributed by atoms with Crippen molar-refractivity contribution in [2.45, 2.75) is 26.7 Å². The molecule has 3 heterocycles. The number of nitrogens with one attached hydrogen (secondary N) is 3. The largest absolute Gasteiger partial charge is 0.352 e. The first-order valence-corrected chi connectivity index (χ1v) is 12.5. The van der Waals surface area contributed by atoms with Gasteiger partial charge in [-0.2, -0.15) is 0 Å². The standard InChI is InChI=1S/C24H24FIN4O2S/c1-24(2)12-16-19(21(31)28-10-8-15-5-3-4-9-27-15)23(33-20(16)22(32)29-13-24)30-18-7-6-14(26)11-17(18)25/h3-7,9,11,30H,8,10,12-13H2,1-2H3,(H,28,31)(H,29,32). The van der Waals surface area contributed by atoms with Gasteiger partial charge in [0.15, 0.2) is 0 Å². The summed E-state index contributed by atoms with van der Waals surface area (Å²) < 4.78 is 15.3. The number of hydrogen-bond donors (Lipinski definition) is 3. The number of anilines is 2. The number of amides is 2. The third-order valence-electron chi connectivity index (χ3n) is 5.40. The minimum Gasteiger partial charge on any atom is -0.352 e. The SMILES string of the molecule is CC1(C)CNC(=O)c2sc(Nc3ccc(I)cc3F)c(C(=O)NCCc3ccccn3)c2C1. The van der Waals surface area contributed by atoms with Gasteiger partial charge in [0.1, 0.15) is 10.8 Å². The Bertz CT molecular complexity index is 1200. The van der Waals surface area contributed by atoms with Gasteiger partial charge in [-0.3, -0.25) is 14.6 Å². The van der Waals surface area contributed by atoms with Gasteiger partial charge in [0.25, 0.3) is 11.8 Å². The smallest absolute Gasteiger partial charge is 0.261 e. The first-order valence-electron chi connectivity index (χ1n) is 10.6. The van der Waals surface area contributed by atoms with Crippen LogP contribution in [-0.2, 0) is 12.8 Å². The number of benzene rings is 1. The van der Waals surface area contributed by atoms with Crippen molar-refractivity contribution in [3.8, 4) is 0 Å². The fraction of sp³-hybridized carbons (Fsp3) is 0.292. The average molecular weight is 578 g/mol. The van der Waals surface area contributed by atoms with Crippen molar-refractivity contribution in [3.05, 3.63) is 73.7 Å². The summed E-state index contributed by atoms with van der Waals surface area (Å²) in [5.74, 6) is -0.918. The molecule has 0 aliphatic carbocycles. The molecule has 1 aliphatic rings. The Morgan fingerprint density at radius 3 is 2.85 bits per heavy atom. The molecule has 1 aromatic carbocycles. The topological polar surface area (TPSA) is 83.1 Å². The highest BCUT2D eigenvalue weighted by molar-refractivity contribution is 14.1. The number of aromatic nitrogens is 1. The molecule has 3 N–H and O–H groups in total. The number of hydrogen-bond acceptors (Lipinski definition) is 5. The zero-order chi connectivity index (χ0) is 23.6. The number of halogens is 2. The molecule has 2 aromatic heterocycles. The summed E-state index contributed by atoms with van der Waals surface area (Å²) in [7, 11) is 0. The first-order chi connectivity index (χ1) is 15.7. The lowest BCUT2D eigenvalue weighted by atomic mass is 9.85. The number of nitrogens with zero attached hydrogens (tertiary/aromatic N) is 1. The Hall–Kier alpha value is -2.53. The van der Waals surface area contributed by atoms with Crippen LogP contribution in [0.2, 0.25) is 0 Å². The van der Waals surface area contributed by atoms with Crippen molar-refractivity contribution in [1.82, 2.24) is 15.6 Å². The molecule has 4 rings (SSSR count). The number of fused-ring (bicyclic) bond motifs is 1. The van der Waals surface area contributed by atoms with Crippen molar-refractivity contribution in [2.24, 2.45) is 5.41 Å². The third-order valence-corrected chi connectivity index (χ3v) is 7.21. The molecule has 0 saturated carbocycles. The summed E-state index contributed by atoms with van der Waals surface area (Å²) in [5, 5.41) is 9.43. The van der Waals surface area contributed by atoms with E-state index >= 15 is 0 Å². The van der Waals surface area contributed by atoms with Crippen LogP contribution < -0.4 is 16.0 Å². The Labute approximate surface area is 209 Å². The van der Waals surface area contributed by atoms with Gasteiger partial charge in [-0.15, -0.1) is 11.3 Å². The van der Waals surface area contributed by atoms with Crippen LogP contribution in [0.15, 0.2) is 42.6 Å². The van der Waals surface area contributed by atoms with Crippen molar-refractivity contribution in [1.29, 1.82) is 0 Å². The van der Waals surface area contributed by atoms with E-state index in [0.717, 1.165) is 9.26 Å². The Balaban J connectivity index is 1.67. The maximum absolute atomic E-state index is 14.6. The van der Waals surface area contributed by atoms with Gasteiger partial charge in [0, 0.05) is 35.0 Å². The molecule has 1 aliphatic heterocycles. The van der Waals surface area contributed by atoms with Crippen molar-refractivity contribution >= 4 is 56.4 Å². The van der Waals surface area contributed by atoms with Crippen molar-refractivity contribution < 1.29 is 14.0 Å². The molecule has 0 bridgehead atoms. The Kier molecular flexibility index (Phi) is 6.99. The Morgan fingerprint density at radius 2 is 2.12 bits per heavy atom. The average Bonchev–Trinajstić information content (AvgIpc) is 3.06. The van der Waals surface area contributed by atoms with Crippen molar-refractivity contribution in [3.63, 3.8) is 0 Å². The summed E-state index contributed by atoms with van der Waals surface area (Å²) in [4.78, 5) is 30.9. The molecule has 0 saturated heterocycles. The number of thiophene rings is 1. The number of carbonyl (C=O) groups excluding carboxylic acids is 2. The van der Waals surface area contributed by atoms with E-state index in [1.165, 1.54) is 17.4 Å². The second-order valence-corrected chi connectivity index (χ2v) is 11.0. The number of rotatable bonds is 6. The highest BCUT2D eigenvalue weighted by Crippen LogP contribution is 2.40. The maximum atomic E-state index is 14.6. The quantitative estimate of drug-likeness (QED) is 0.363. The molecule has 0 fully saturated rings. The second kappa shape index (κ2) is 9.76. The van der Waals surface area contributed by atoms with E-state index < -0.39 is 5.82 Å². The van der Waals surface area contributed by atoms with Gasteiger partial charge in [-0.05, 0) is 70.3 Å². The summed E-state index contributed by atoms with van der Waals surface area (Å²) in [6, 6.07) is 10.5. The van der Waals surface area contributed by atoms with Gasteiger partial charge >= 0.3 is 0 Å². The molecule has 0 radical (unpaired) electrons. The van der Waals surface area contributed by atoms with Crippen LogP contribution in [0.1, 0.15) is 45.1 Å². The minimum absolute atomic E-state index is 0.209. The lowest BCUT2D eigenvalue weighted by Crippen LogP contribution is -2.32. The van der Waals surface area contributed by atoms with E-state index in [-0.39, 0.29) is 22.9 Å². The van der Waals surface area contributed by atoms with E-state index in [0.29, 0.717) is 46.9 Å². The molecule has 0 atom stereocenters. The number of carbonyl (C=O) groups is 2. The molecule has 33 heavy (non-hydrogen) atoms. The monoisotopic (exact) mass is 578 g/mol. The van der Waals surface area contributed by atoms with Crippen LogP contribution in [-0.4, -0.2) is 29.9 Å². The minimum atomic E-state index is -0.420. The molecule has 9 heteroatoms. The highest BCUT2D eigenvalue weighted by atomic mass is 127. The van der Waals surface area contributed by atoms with Crippen LogP contribution in [0.3, 0.4) is 0 Å². The second-order valence-electron chi connectivity index (χ2n) is 8.71. The lowest BCUT2D eigenvalue weighted by Gasteiger charge is -2.22. The Morgan fingerprint density at radius 1 is 1.30 bits per heavy atom. The van der Waals surface area contributed by atoms with E-state index in [9.17, 15) is 14.0 Å². The third kappa shape index (κ3) is 5.52. The van der Waals surface area contributed by atoms with Gasteiger partial charge < -0.3 is 16.0 Å². The molecular formula is C24H24FIN4O2S. The van der Waals surface area contributed by atoms with E-state index in [1.807, 2.05) is 40.8 Å². The predicted molar refractivity (Wildman–Crippen MR) is 137 cm³/mol. The lowest BCUT2D eigenvalue weighted by molar-refractivity contribution is 0.0945. The fourth-order valence-electron chi connectivity index (χ4n) is 3.74. The van der Waals surface area contributed by atoms with Crippen LogP contribution in [0.5, 0.6) is 0 Å². The van der Waals surface area contributed by atoms with Crippen LogP contribution in [0.4, 0.5) is 15.1 Å². The summed E-state index contributed by atoms with van der Waals surface area (Å²) in [6.45, 7) is 5.01. The number of pyridine rings is 1. The molecule has 3 aromatic rings. The van der Waals surface area contributed by atoms with Gasteiger partial charge in [0.05, 0.1) is 16.1 Å². The van der Waals surface area contributed by atoms with Crippen LogP contribution in [0.25, 0.3) is 0 Å². The zero-order valence-electron chi connectivity index (χ0n) is 18.3. The normalized spacial score (nSPS) is 14.7. The van der Waals surface area contributed by atoms with Gasteiger partial charge in [-0.25, -0.2) is 4.39 Å². The summed E-state index contributed by atoms with van der Waals surface area (Å²) in [5.41, 5.74) is 2.01. The van der Waals surface area contributed by atoms with E-state index in [4.69, 9.17) is 0 Å². The summed E-state index contributed by atoms with van der Waals surface area (Å²) in [6.07, 6.45) is 2.85. The summed E-state index contributed by atoms with van der Waals surface area (Å²) >= 11 is 3.23. The molecular weight excluding hydrogens is 554 g/mol.